The van der Waals surface area contributed by atoms with Gasteiger partial charge in [0.25, 0.3) is 0 Å². The van der Waals surface area contributed by atoms with Crippen LogP contribution in [0, 0.1) is 0 Å². The summed E-state index contributed by atoms with van der Waals surface area (Å²) in [6.07, 6.45) is 7.23. The zero-order chi connectivity index (χ0) is 9.54. The summed E-state index contributed by atoms with van der Waals surface area (Å²) >= 11 is 0. The maximum absolute atomic E-state index is 9.18. The van der Waals surface area contributed by atoms with Gasteiger partial charge in [0.05, 0.1) is 6.20 Å². The molecule has 1 saturated carbocycles. The van der Waals surface area contributed by atoms with Crippen LogP contribution in [0.2, 0.25) is 0 Å². The number of hydrogen-bond donors (Lipinski definition) is 1. The summed E-state index contributed by atoms with van der Waals surface area (Å²) in [5, 5.41) is 9.18. The second-order valence-corrected chi connectivity index (χ2v) is 3.79. The molecule has 1 N–H and O–H groups in total. The number of fused-ring (bicyclic) bond motifs is 1. The van der Waals surface area contributed by atoms with Crippen molar-refractivity contribution in [3.63, 3.8) is 0 Å². The van der Waals surface area contributed by atoms with E-state index in [0.717, 1.165) is 5.69 Å². The lowest BCUT2D eigenvalue weighted by Crippen LogP contribution is -2.11. The average Bonchev–Trinajstić information content (AvgIpc) is 2.40. The third-order valence-corrected chi connectivity index (χ3v) is 2.86. The van der Waals surface area contributed by atoms with Crippen LogP contribution in [0.3, 0.4) is 0 Å². The molecule has 1 fully saturated rings. The fourth-order valence-corrected chi connectivity index (χ4v) is 1.80. The van der Waals surface area contributed by atoms with Gasteiger partial charge in [0, 0.05) is 17.8 Å². The van der Waals surface area contributed by atoms with E-state index >= 15 is 0 Å². The van der Waals surface area contributed by atoms with Gasteiger partial charge in [-0.25, -0.2) is 4.98 Å². The number of imidazole rings is 1. The van der Waals surface area contributed by atoms with Crippen molar-refractivity contribution in [2.75, 3.05) is 0 Å². The molecular formula is C10H11N3O. The summed E-state index contributed by atoms with van der Waals surface area (Å²) in [7, 11) is 0. The predicted molar refractivity (Wildman–Crippen MR) is 51.2 cm³/mol. The van der Waals surface area contributed by atoms with Gasteiger partial charge in [-0.05, 0) is 18.9 Å². The predicted octanol–water partition coefficient (Wildman–Crippen LogP) is 1.70. The molecule has 1 aliphatic rings. The van der Waals surface area contributed by atoms with Gasteiger partial charge in [0.15, 0.2) is 0 Å². The van der Waals surface area contributed by atoms with E-state index in [2.05, 4.69) is 9.97 Å². The number of nitrogens with zero attached hydrogens (tertiary/aromatic N) is 3. The summed E-state index contributed by atoms with van der Waals surface area (Å²) in [6, 6.07) is 2.01. The van der Waals surface area contributed by atoms with Crippen LogP contribution < -0.4 is 0 Å². The Hall–Kier alpha value is -1.58. The lowest BCUT2D eigenvalue weighted by Gasteiger charge is -2.24. The summed E-state index contributed by atoms with van der Waals surface area (Å²) in [5.41, 5.74) is 1.11. The van der Waals surface area contributed by atoms with Gasteiger partial charge < -0.3 is 5.11 Å². The Morgan fingerprint density at radius 1 is 1.36 bits per heavy atom. The van der Waals surface area contributed by atoms with Crippen molar-refractivity contribution in [2.45, 2.75) is 25.2 Å². The molecule has 1 aliphatic carbocycles. The number of aromatic nitrogens is 3. The molecule has 4 heteroatoms. The SMILES string of the molecule is Oc1cn2ccc(C3CCC3)nc2n1. The highest BCUT2D eigenvalue weighted by Crippen LogP contribution is 2.35. The maximum Gasteiger partial charge on any atom is 0.237 e. The molecule has 0 saturated heterocycles. The smallest absolute Gasteiger partial charge is 0.237 e. The summed E-state index contributed by atoms with van der Waals surface area (Å²) in [6.45, 7) is 0. The van der Waals surface area contributed by atoms with Crippen molar-refractivity contribution in [2.24, 2.45) is 0 Å². The molecule has 0 aliphatic heterocycles. The summed E-state index contributed by atoms with van der Waals surface area (Å²) in [4.78, 5) is 8.33. The first-order chi connectivity index (χ1) is 6.83. The van der Waals surface area contributed by atoms with E-state index in [4.69, 9.17) is 0 Å². The third kappa shape index (κ3) is 1.07. The van der Waals surface area contributed by atoms with Crippen molar-refractivity contribution in [1.29, 1.82) is 0 Å². The zero-order valence-corrected chi connectivity index (χ0v) is 7.72. The minimum Gasteiger partial charge on any atom is -0.492 e. The highest BCUT2D eigenvalue weighted by atomic mass is 16.3. The minimum atomic E-state index is 0.0308. The van der Waals surface area contributed by atoms with Crippen LogP contribution in [-0.2, 0) is 0 Å². The van der Waals surface area contributed by atoms with E-state index in [1.165, 1.54) is 19.3 Å². The Balaban J connectivity index is 2.09. The first kappa shape index (κ1) is 7.79. The molecule has 2 aromatic heterocycles. The largest absolute Gasteiger partial charge is 0.492 e. The standard InChI is InChI=1S/C10H11N3O/c14-9-6-13-5-4-8(7-2-1-3-7)11-10(13)12-9/h4-7,14H,1-3H2. The molecule has 0 radical (unpaired) electrons. The van der Waals surface area contributed by atoms with Gasteiger partial charge >= 0.3 is 0 Å². The average molecular weight is 189 g/mol. The van der Waals surface area contributed by atoms with Crippen LogP contribution >= 0.6 is 0 Å². The topological polar surface area (TPSA) is 50.4 Å². The molecule has 2 heterocycles. The second kappa shape index (κ2) is 2.70. The summed E-state index contributed by atoms with van der Waals surface area (Å²) < 4.78 is 1.73. The molecule has 2 aromatic rings. The quantitative estimate of drug-likeness (QED) is 0.742. The number of hydrogen-bond acceptors (Lipinski definition) is 3. The highest BCUT2D eigenvalue weighted by Gasteiger charge is 2.21. The van der Waals surface area contributed by atoms with Gasteiger partial charge in [-0.2, -0.15) is 4.98 Å². The molecule has 0 atom stereocenters. The van der Waals surface area contributed by atoms with Gasteiger partial charge in [-0.15, -0.1) is 0 Å². The number of aromatic hydroxyl groups is 1. The van der Waals surface area contributed by atoms with E-state index < -0.39 is 0 Å². The Morgan fingerprint density at radius 3 is 2.93 bits per heavy atom. The van der Waals surface area contributed by atoms with E-state index in [1.54, 1.807) is 10.6 Å². The molecule has 0 unspecified atom stereocenters. The van der Waals surface area contributed by atoms with Crippen molar-refractivity contribution in [3.8, 4) is 5.88 Å². The molecule has 0 amide bonds. The van der Waals surface area contributed by atoms with E-state index in [0.29, 0.717) is 11.7 Å². The van der Waals surface area contributed by atoms with Crippen molar-refractivity contribution < 1.29 is 5.11 Å². The Morgan fingerprint density at radius 2 is 2.21 bits per heavy atom. The fourth-order valence-electron chi connectivity index (χ4n) is 1.80. The van der Waals surface area contributed by atoms with E-state index in [1.807, 2.05) is 12.3 Å². The number of rotatable bonds is 1. The Bertz CT molecular complexity index is 473. The molecule has 0 bridgehead atoms. The summed E-state index contributed by atoms with van der Waals surface area (Å²) in [5.74, 6) is 1.23. The normalized spacial score (nSPS) is 17.1. The second-order valence-electron chi connectivity index (χ2n) is 3.79. The minimum absolute atomic E-state index is 0.0308. The van der Waals surface area contributed by atoms with E-state index in [-0.39, 0.29) is 5.88 Å². The molecular weight excluding hydrogens is 178 g/mol. The first-order valence-electron chi connectivity index (χ1n) is 4.87. The fraction of sp³-hybridized carbons (Fsp3) is 0.400. The Labute approximate surface area is 81.2 Å². The van der Waals surface area contributed by atoms with Crippen LogP contribution in [0.1, 0.15) is 30.9 Å². The van der Waals surface area contributed by atoms with Gasteiger partial charge in [-0.1, -0.05) is 6.42 Å². The lowest BCUT2D eigenvalue weighted by molar-refractivity contribution is 0.411. The molecule has 3 rings (SSSR count). The van der Waals surface area contributed by atoms with Crippen LogP contribution in [0.25, 0.3) is 5.78 Å². The van der Waals surface area contributed by atoms with Crippen molar-refractivity contribution >= 4 is 5.78 Å². The van der Waals surface area contributed by atoms with Crippen LogP contribution in [0.5, 0.6) is 5.88 Å². The Kier molecular flexibility index (Phi) is 1.50. The third-order valence-electron chi connectivity index (χ3n) is 2.86. The molecule has 72 valence electrons. The van der Waals surface area contributed by atoms with Gasteiger partial charge in [-0.3, -0.25) is 4.40 Å². The molecule has 4 nitrogen and oxygen atoms in total. The highest BCUT2D eigenvalue weighted by molar-refractivity contribution is 5.34. The zero-order valence-electron chi connectivity index (χ0n) is 7.72. The van der Waals surface area contributed by atoms with Crippen molar-refractivity contribution in [3.05, 3.63) is 24.2 Å². The van der Waals surface area contributed by atoms with E-state index in [9.17, 15) is 5.11 Å². The molecule has 14 heavy (non-hydrogen) atoms. The molecule has 0 aromatic carbocycles. The lowest BCUT2D eigenvalue weighted by atomic mass is 9.83. The van der Waals surface area contributed by atoms with Crippen LogP contribution in [0.4, 0.5) is 0 Å². The monoisotopic (exact) mass is 189 g/mol. The maximum atomic E-state index is 9.18. The van der Waals surface area contributed by atoms with Gasteiger partial charge in [0.1, 0.15) is 0 Å². The first-order valence-corrected chi connectivity index (χ1v) is 4.87. The van der Waals surface area contributed by atoms with Crippen molar-refractivity contribution in [1.82, 2.24) is 14.4 Å². The van der Waals surface area contributed by atoms with Crippen LogP contribution in [0.15, 0.2) is 18.5 Å². The van der Waals surface area contributed by atoms with Crippen LogP contribution in [-0.4, -0.2) is 19.5 Å². The van der Waals surface area contributed by atoms with Gasteiger partial charge in [0.2, 0.25) is 11.7 Å². The molecule has 0 spiro atoms.